The Hall–Kier alpha value is -3.46. The first-order chi connectivity index (χ1) is 14.0. The van der Waals surface area contributed by atoms with Crippen LogP contribution in [-0.2, 0) is 0 Å². The van der Waals surface area contributed by atoms with Crippen LogP contribution in [0.5, 0.6) is 11.5 Å². The van der Waals surface area contributed by atoms with Crippen molar-refractivity contribution >= 4 is 28.0 Å². The van der Waals surface area contributed by atoms with Gasteiger partial charge in [-0.05, 0) is 38.1 Å². The smallest absolute Gasteiger partial charge is 0.262 e. The van der Waals surface area contributed by atoms with Gasteiger partial charge in [-0.25, -0.2) is 14.5 Å². The fourth-order valence-electron chi connectivity index (χ4n) is 3.05. The van der Waals surface area contributed by atoms with Crippen LogP contribution in [0.3, 0.4) is 0 Å². The van der Waals surface area contributed by atoms with Gasteiger partial charge in [0.05, 0.1) is 26.1 Å². The maximum atomic E-state index is 12.8. The molecule has 0 saturated carbocycles. The highest BCUT2D eigenvalue weighted by atomic mass is 32.1. The molecule has 4 rings (SSSR count). The van der Waals surface area contributed by atoms with Crippen LogP contribution in [0, 0.1) is 13.8 Å². The van der Waals surface area contributed by atoms with E-state index >= 15 is 0 Å². The van der Waals surface area contributed by atoms with Gasteiger partial charge in [-0.1, -0.05) is 0 Å². The summed E-state index contributed by atoms with van der Waals surface area (Å²) in [4.78, 5) is 21.7. The molecule has 0 atom stereocenters. The number of nitrogens with zero attached hydrogens (tertiary/aromatic N) is 4. The summed E-state index contributed by atoms with van der Waals surface area (Å²) in [6.45, 7) is 3.81. The number of thiazole rings is 1. The van der Waals surface area contributed by atoms with E-state index in [0.717, 1.165) is 22.6 Å². The van der Waals surface area contributed by atoms with E-state index in [1.807, 2.05) is 43.5 Å². The van der Waals surface area contributed by atoms with E-state index in [1.54, 1.807) is 18.7 Å². The van der Waals surface area contributed by atoms with Crippen LogP contribution < -0.4 is 14.8 Å². The molecule has 3 heterocycles. The Balaban J connectivity index is 1.59. The number of ether oxygens (including phenoxy) is 2. The molecule has 0 radical (unpaired) electrons. The second kappa shape index (κ2) is 7.51. The molecule has 1 amide bonds. The molecular formula is C20H19N5O3S. The van der Waals surface area contributed by atoms with Crippen LogP contribution >= 0.6 is 11.3 Å². The van der Waals surface area contributed by atoms with Gasteiger partial charge >= 0.3 is 0 Å². The molecule has 0 aliphatic rings. The summed E-state index contributed by atoms with van der Waals surface area (Å²) in [7, 11) is 3.17. The van der Waals surface area contributed by atoms with Gasteiger partial charge in [-0.2, -0.15) is 5.10 Å². The fourth-order valence-corrected chi connectivity index (χ4v) is 3.77. The van der Waals surface area contributed by atoms with Crippen molar-refractivity contribution in [1.82, 2.24) is 19.6 Å². The van der Waals surface area contributed by atoms with E-state index in [4.69, 9.17) is 9.47 Å². The van der Waals surface area contributed by atoms with Crippen molar-refractivity contribution < 1.29 is 14.3 Å². The van der Waals surface area contributed by atoms with E-state index in [2.05, 4.69) is 20.4 Å². The van der Waals surface area contributed by atoms with Gasteiger partial charge in [0.15, 0.2) is 22.3 Å². The molecule has 0 unspecified atom stereocenters. The molecule has 0 aliphatic heterocycles. The topological polar surface area (TPSA) is 90.6 Å². The molecule has 4 aromatic rings. The minimum atomic E-state index is -0.300. The lowest BCUT2D eigenvalue weighted by Crippen LogP contribution is -2.12. The Labute approximate surface area is 171 Å². The van der Waals surface area contributed by atoms with E-state index in [1.165, 1.54) is 17.5 Å². The number of nitrogens with one attached hydrogen (secondary N) is 1. The first kappa shape index (κ1) is 18.9. The lowest BCUT2D eigenvalue weighted by atomic mass is 10.1. The number of amides is 1. The number of aryl methyl sites for hydroxylation is 2. The third kappa shape index (κ3) is 3.52. The number of anilines is 1. The number of hydrogen-bond acceptors (Lipinski definition) is 7. The second-order valence-electron chi connectivity index (χ2n) is 6.39. The Morgan fingerprint density at radius 3 is 2.66 bits per heavy atom. The molecule has 148 valence electrons. The number of rotatable bonds is 5. The predicted octanol–water partition coefficient (Wildman–Crippen LogP) is 3.74. The van der Waals surface area contributed by atoms with E-state index in [-0.39, 0.29) is 5.91 Å². The number of methoxy groups -OCH3 is 2. The third-order valence-corrected chi connectivity index (χ3v) is 5.18. The number of carbonyl (C=O) groups is 1. The monoisotopic (exact) mass is 409 g/mol. The number of benzene rings is 1. The van der Waals surface area contributed by atoms with Gasteiger partial charge in [-0.15, -0.1) is 11.3 Å². The average molecular weight is 409 g/mol. The van der Waals surface area contributed by atoms with Gasteiger partial charge in [0, 0.05) is 22.3 Å². The Bertz CT molecular complexity index is 1210. The van der Waals surface area contributed by atoms with Gasteiger partial charge < -0.3 is 9.47 Å². The third-order valence-electron chi connectivity index (χ3n) is 4.43. The van der Waals surface area contributed by atoms with Crippen molar-refractivity contribution in [2.45, 2.75) is 13.8 Å². The molecule has 0 bridgehead atoms. The van der Waals surface area contributed by atoms with E-state index < -0.39 is 0 Å². The van der Waals surface area contributed by atoms with Crippen LogP contribution in [0.1, 0.15) is 21.7 Å². The highest BCUT2D eigenvalue weighted by Gasteiger charge is 2.17. The standard InChI is InChI=1S/C20H19N5O3S/c1-11-7-12(2)25-18(22-11)14(9-21-25)19(26)24-20-23-15(10-29-20)13-5-6-16(27-3)17(8-13)28-4/h5-10H,1-4H3,(H,23,24,26). The Kier molecular flexibility index (Phi) is 4.89. The van der Waals surface area contributed by atoms with Crippen molar-refractivity contribution in [3.63, 3.8) is 0 Å². The first-order valence-corrected chi connectivity index (χ1v) is 9.69. The molecule has 0 fully saturated rings. The van der Waals surface area contributed by atoms with Crippen LogP contribution in [0.2, 0.25) is 0 Å². The molecular weight excluding hydrogens is 390 g/mol. The molecule has 8 nitrogen and oxygen atoms in total. The number of carbonyl (C=O) groups excluding carboxylic acids is 1. The van der Waals surface area contributed by atoms with Crippen LogP contribution in [0.4, 0.5) is 5.13 Å². The van der Waals surface area contributed by atoms with Crippen molar-refractivity contribution in [2.24, 2.45) is 0 Å². The van der Waals surface area contributed by atoms with Crippen molar-refractivity contribution in [2.75, 3.05) is 19.5 Å². The van der Waals surface area contributed by atoms with Crippen LogP contribution in [-0.4, -0.2) is 39.7 Å². The molecule has 0 aliphatic carbocycles. The van der Waals surface area contributed by atoms with E-state index in [0.29, 0.717) is 27.8 Å². The highest BCUT2D eigenvalue weighted by molar-refractivity contribution is 7.14. The zero-order valence-corrected chi connectivity index (χ0v) is 17.2. The minimum absolute atomic E-state index is 0.300. The normalized spacial score (nSPS) is 10.9. The molecule has 1 aromatic carbocycles. The zero-order chi connectivity index (χ0) is 20.5. The van der Waals surface area contributed by atoms with E-state index in [9.17, 15) is 4.79 Å². The number of aromatic nitrogens is 4. The zero-order valence-electron chi connectivity index (χ0n) is 16.4. The summed E-state index contributed by atoms with van der Waals surface area (Å²) in [6.07, 6.45) is 1.52. The molecule has 29 heavy (non-hydrogen) atoms. The number of fused-ring (bicyclic) bond motifs is 1. The van der Waals surface area contributed by atoms with Crippen LogP contribution in [0.25, 0.3) is 16.9 Å². The average Bonchev–Trinajstić information content (AvgIpc) is 3.34. The van der Waals surface area contributed by atoms with Gasteiger partial charge in [0.25, 0.3) is 5.91 Å². The quantitative estimate of drug-likeness (QED) is 0.540. The van der Waals surface area contributed by atoms with Gasteiger partial charge in [0.1, 0.15) is 5.56 Å². The van der Waals surface area contributed by atoms with Gasteiger partial charge in [-0.3, -0.25) is 10.1 Å². The highest BCUT2D eigenvalue weighted by Crippen LogP contribution is 2.33. The van der Waals surface area contributed by atoms with Crippen LogP contribution in [0.15, 0.2) is 35.8 Å². The lowest BCUT2D eigenvalue weighted by molar-refractivity contribution is 0.102. The Morgan fingerprint density at radius 1 is 1.10 bits per heavy atom. The molecule has 1 N–H and O–H groups in total. The number of hydrogen-bond donors (Lipinski definition) is 1. The van der Waals surface area contributed by atoms with Gasteiger partial charge in [0.2, 0.25) is 0 Å². The maximum Gasteiger partial charge on any atom is 0.262 e. The lowest BCUT2D eigenvalue weighted by Gasteiger charge is -2.08. The van der Waals surface area contributed by atoms with Crippen molar-refractivity contribution in [3.05, 3.63) is 52.8 Å². The molecule has 0 spiro atoms. The summed E-state index contributed by atoms with van der Waals surface area (Å²) < 4.78 is 12.3. The largest absolute Gasteiger partial charge is 0.493 e. The first-order valence-electron chi connectivity index (χ1n) is 8.81. The molecule has 9 heteroatoms. The van der Waals surface area contributed by atoms with Crippen molar-refractivity contribution in [3.8, 4) is 22.8 Å². The summed E-state index contributed by atoms with van der Waals surface area (Å²) in [6, 6.07) is 7.47. The predicted molar refractivity (Wildman–Crippen MR) is 111 cm³/mol. The Morgan fingerprint density at radius 2 is 1.90 bits per heavy atom. The SMILES string of the molecule is COc1ccc(-c2csc(NC(=O)c3cnn4c(C)cc(C)nc34)n2)cc1OC. The summed E-state index contributed by atoms with van der Waals surface area (Å²) >= 11 is 1.34. The fraction of sp³-hybridized carbons (Fsp3) is 0.200. The summed E-state index contributed by atoms with van der Waals surface area (Å²) in [5, 5.41) is 9.46. The van der Waals surface area contributed by atoms with Crippen molar-refractivity contribution in [1.29, 1.82) is 0 Å². The maximum absolute atomic E-state index is 12.8. The minimum Gasteiger partial charge on any atom is -0.493 e. The molecule has 0 saturated heterocycles. The summed E-state index contributed by atoms with van der Waals surface area (Å²) in [5.74, 6) is 0.962. The molecule has 3 aromatic heterocycles. The second-order valence-corrected chi connectivity index (χ2v) is 7.25. The summed E-state index contributed by atoms with van der Waals surface area (Å²) in [5.41, 5.74) is 4.27.